The molecule has 3 heterocycles. The fourth-order valence-electron chi connectivity index (χ4n) is 2.44. The summed E-state index contributed by atoms with van der Waals surface area (Å²) < 4.78 is 39.3. The number of likely N-dealkylation sites (tertiary alicyclic amines) is 1. The van der Waals surface area contributed by atoms with Gasteiger partial charge in [-0.3, -0.25) is 14.5 Å². The van der Waals surface area contributed by atoms with Crippen LogP contribution < -0.4 is 5.32 Å². The van der Waals surface area contributed by atoms with Crippen LogP contribution in [0.3, 0.4) is 0 Å². The van der Waals surface area contributed by atoms with Gasteiger partial charge in [-0.1, -0.05) is 0 Å². The van der Waals surface area contributed by atoms with Crippen molar-refractivity contribution in [3.8, 4) is 0 Å². The summed E-state index contributed by atoms with van der Waals surface area (Å²) in [4.78, 5) is 31.9. The molecular weight excluding hydrogens is 329 g/mol. The number of amides is 2. The number of hydrogen-bond acceptors (Lipinski definition) is 6. The van der Waals surface area contributed by atoms with Gasteiger partial charge in [0, 0.05) is 25.2 Å². The van der Waals surface area contributed by atoms with Gasteiger partial charge in [0.05, 0.1) is 0 Å². The average Bonchev–Trinajstić information content (AvgIpc) is 2.92. The van der Waals surface area contributed by atoms with Gasteiger partial charge in [-0.2, -0.15) is 22.7 Å². The van der Waals surface area contributed by atoms with Crippen LogP contribution in [0.2, 0.25) is 0 Å². The third kappa shape index (κ3) is 2.76. The Labute approximate surface area is 133 Å². The number of carbonyl (C=O) groups excluding carboxylic acids is 2. The van der Waals surface area contributed by atoms with Crippen molar-refractivity contribution in [1.29, 1.82) is 0 Å². The molecule has 1 N–H and O–H groups in total. The maximum Gasteiger partial charge on any atom is 0.453 e. The summed E-state index contributed by atoms with van der Waals surface area (Å²) in [7, 11) is 1.36. The van der Waals surface area contributed by atoms with E-state index in [4.69, 9.17) is 0 Å². The van der Waals surface area contributed by atoms with E-state index in [0.29, 0.717) is 5.69 Å². The van der Waals surface area contributed by atoms with Crippen molar-refractivity contribution in [2.75, 3.05) is 12.4 Å². The maximum atomic E-state index is 12.8. The predicted octanol–water partition coefficient (Wildman–Crippen LogP) is 1.01. The molecule has 0 spiro atoms. The fourth-order valence-corrected chi connectivity index (χ4v) is 2.44. The van der Waals surface area contributed by atoms with E-state index in [0.717, 1.165) is 9.42 Å². The Kier molecular flexibility index (Phi) is 3.65. The van der Waals surface area contributed by atoms with Gasteiger partial charge >= 0.3 is 6.18 Å². The third-order valence-corrected chi connectivity index (χ3v) is 3.67. The minimum absolute atomic E-state index is 0.154. The quantitative estimate of drug-likeness (QED) is 0.819. The standard InChI is InChI=1S/C13H13F3N6O2/c1-6-5-8(18-7-3-4-9(23)21(2)10(7)24)22-12(17-6)19-11(20-22)13(14,15)16/h5,7,18H,3-4H2,1-2H3. The molecule has 128 valence electrons. The lowest BCUT2D eigenvalue weighted by Crippen LogP contribution is -2.48. The Morgan fingerprint density at radius 1 is 1.29 bits per heavy atom. The Morgan fingerprint density at radius 2 is 2.00 bits per heavy atom. The molecule has 0 saturated carbocycles. The van der Waals surface area contributed by atoms with E-state index in [1.165, 1.54) is 13.1 Å². The number of rotatable bonds is 2. The molecule has 0 aromatic carbocycles. The SMILES string of the molecule is Cc1cc(NC2CCC(=O)N(C)C2=O)n2nc(C(F)(F)F)nc2n1. The van der Waals surface area contributed by atoms with Crippen molar-refractivity contribution in [2.45, 2.75) is 32.0 Å². The maximum absolute atomic E-state index is 12.8. The normalized spacial score (nSPS) is 19.2. The van der Waals surface area contributed by atoms with Crippen molar-refractivity contribution < 1.29 is 22.8 Å². The largest absolute Gasteiger partial charge is 0.453 e. The number of alkyl halides is 3. The van der Waals surface area contributed by atoms with Gasteiger partial charge in [0.1, 0.15) is 11.9 Å². The number of fused-ring (bicyclic) bond motifs is 1. The van der Waals surface area contributed by atoms with E-state index in [1.807, 2.05) is 0 Å². The van der Waals surface area contributed by atoms with Crippen molar-refractivity contribution in [2.24, 2.45) is 0 Å². The van der Waals surface area contributed by atoms with Crippen LogP contribution in [0.25, 0.3) is 5.78 Å². The van der Waals surface area contributed by atoms with Gasteiger partial charge in [-0.15, -0.1) is 5.10 Å². The van der Waals surface area contributed by atoms with Gasteiger partial charge < -0.3 is 5.32 Å². The second-order valence-corrected chi connectivity index (χ2v) is 5.45. The molecule has 24 heavy (non-hydrogen) atoms. The van der Waals surface area contributed by atoms with Crippen LogP contribution in [0.4, 0.5) is 19.0 Å². The van der Waals surface area contributed by atoms with Crippen LogP contribution in [0.15, 0.2) is 6.07 Å². The Bertz CT molecular complexity index is 831. The molecule has 1 fully saturated rings. The second kappa shape index (κ2) is 5.42. The zero-order chi connectivity index (χ0) is 17.6. The molecular formula is C13H13F3N6O2. The zero-order valence-corrected chi connectivity index (χ0v) is 12.8. The Morgan fingerprint density at radius 3 is 2.67 bits per heavy atom. The molecule has 0 aliphatic carbocycles. The number of anilines is 1. The van der Waals surface area contributed by atoms with Gasteiger partial charge in [-0.05, 0) is 13.3 Å². The van der Waals surface area contributed by atoms with Crippen LogP contribution in [0, 0.1) is 6.92 Å². The number of hydrogen-bond donors (Lipinski definition) is 1. The molecule has 8 nitrogen and oxygen atoms in total. The van der Waals surface area contributed by atoms with E-state index in [1.54, 1.807) is 6.92 Å². The van der Waals surface area contributed by atoms with Crippen LogP contribution >= 0.6 is 0 Å². The van der Waals surface area contributed by atoms with Gasteiger partial charge in [0.2, 0.25) is 5.91 Å². The molecule has 1 saturated heterocycles. The molecule has 3 rings (SSSR count). The minimum Gasteiger partial charge on any atom is -0.358 e. The first kappa shape index (κ1) is 16.1. The highest BCUT2D eigenvalue weighted by Crippen LogP contribution is 2.27. The molecule has 2 aromatic rings. The molecule has 1 unspecified atom stereocenters. The van der Waals surface area contributed by atoms with Crippen molar-refractivity contribution in [3.05, 3.63) is 17.6 Å². The second-order valence-electron chi connectivity index (χ2n) is 5.45. The first-order chi connectivity index (χ1) is 11.2. The average molecular weight is 342 g/mol. The molecule has 2 aromatic heterocycles. The molecule has 2 amide bonds. The summed E-state index contributed by atoms with van der Waals surface area (Å²) in [6.07, 6.45) is -4.30. The lowest BCUT2D eigenvalue weighted by molar-refractivity contribution is -0.147. The van der Waals surface area contributed by atoms with Gasteiger partial charge in [0.25, 0.3) is 17.5 Å². The van der Waals surface area contributed by atoms with Crippen LogP contribution in [-0.4, -0.2) is 49.4 Å². The summed E-state index contributed by atoms with van der Waals surface area (Å²) in [5.74, 6) is -2.13. The summed E-state index contributed by atoms with van der Waals surface area (Å²) in [5.41, 5.74) is 0.416. The van der Waals surface area contributed by atoms with Crippen molar-refractivity contribution in [3.63, 3.8) is 0 Å². The Balaban J connectivity index is 1.98. The van der Waals surface area contributed by atoms with E-state index >= 15 is 0 Å². The number of aromatic nitrogens is 4. The molecule has 0 bridgehead atoms. The number of piperidine rings is 1. The number of carbonyl (C=O) groups is 2. The topological polar surface area (TPSA) is 92.5 Å². The molecule has 1 atom stereocenters. The lowest BCUT2D eigenvalue weighted by atomic mass is 10.0. The fraction of sp³-hybridized carbons (Fsp3) is 0.462. The minimum atomic E-state index is -4.70. The Hall–Kier alpha value is -2.72. The number of likely N-dealkylation sites (N-methyl/N-ethyl adjacent to an activating group) is 1. The summed E-state index contributed by atoms with van der Waals surface area (Å²) in [6, 6.07) is 0.724. The highest BCUT2D eigenvalue weighted by Gasteiger charge is 2.37. The number of aryl methyl sites for hydroxylation is 1. The van der Waals surface area contributed by atoms with E-state index in [2.05, 4.69) is 20.4 Å². The lowest BCUT2D eigenvalue weighted by Gasteiger charge is -2.28. The number of nitrogens with zero attached hydrogens (tertiary/aromatic N) is 5. The van der Waals surface area contributed by atoms with Crippen LogP contribution in [0.1, 0.15) is 24.4 Å². The molecule has 0 radical (unpaired) electrons. The predicted molar refractivity (Wildman–Crippen MR) is 74.9 cm³/mol. The summed E-state index contributed by atoms with van der Waals surface area (Å²) in [5, 5.41) is 6.25. The van der Waals surface area contributed by atoms with Gasteiger partial charge in [0.15, 0.2) is 0 Å². The van der Waals surface area contributed by atoms with Crippen molar-refractivity contribution >= 4 is 23.4 Å². The smallest absolute Gasteiger partial charge is 0.358 e. The monoisotopic (exact) mass is 342 g/mol. The first-order valence-corrected chi connectivity index (χ1v) is 7.05. The van der Waals surface area contributed by atoms with Crippen molar-refractivity contribution in [1.82, 2.24) is 24.5 Å². The number of nitrogens with one attached hydrogen (secondary N) is 1. The summed E-state index contributed by atoms with van der Waals surface area (Å²) in [6.45, 7) is 1.59. The summed E-state index contributed by atoms with van der Waals surface area (Å²) >= 11 is 0. The van der Waals surface area contributed by atoms with Crippen LogP contribution in [0.5, 0.6) is 0 Å². The zero-order valence-electron chi connectivity index (χ0n) is 12.8. The van der Waals surface area contributed by atoms with Gasteiger partial charge in [-0.25, -0.2) is 4.98 Å². The van der Waals surface area contributed by atoms with Crippen LogP contribution in [-0.2, 0) is 15.8 Å². The van der Waals surface area contributed by atoms with E-state index in [9.17, 15) is 22.8 Å². The third-order valence-electron chi connectivity index (χ3n) is 3.67. The molecule has 1 aliphatic rings. The first-order valence-electron chi connectivity index (χ1n) is 7.05. The molecule has 1 aliphatic heterocycles. The highest BCUT2D eigenvalue weighted by molar-refractivity contribution is 6.01. The number of imide groups is 1. The van der Waals surface area contributed by atoms with E-state index in [-0.39, 0.29) is 30.3 Å². The number of halogens is 3. The molecule has 11 heteroatoms. The highest BCUT2D eigenvalue weighted by atomic mass is 19.4. The van der Waals surface area contributed by atoms with E-state index < -0.39 is 23.9 Å².